The zero-order chi connectivity index (χ0) is 15.1. The van der Waals surface area contributed by atoms with Crippen LogP contribution in [0.25, 0.3) is 0 Å². The van der Waals surface area contributed by atoms with E-state index in [1.54, 1.807) is 7.11 Å². The molecule has 0 amide bonds. The minimum atomic E-state index is 0.587. The first-order valence-corrected chi connectivity index (χ1v) is 8.59. The number of nitrogens with one attached hydrogen (secondary N) is 1. The predicted molar refractivity (Wildman–Crippen MR) is 90.1 cm³/mol. The van der Waals surface area contributed by atoms with Gasteiger partial charge < -0.3 is 10.1 Å². The molecule has 1 atom stereocenters. The summed E-state index contributed by atoms with van der Waals surface area (Å²) in [6.07, 6.45) is 9.31. The lowest BCUT2D eigenvalue weighted by Crippen LogP contribution is -2.33. The van der Waals surface area contributed by atoms with Crippen LogP contribution >= 0.6 is 0 Å². The maximum atomic E-state index is 5.55. The van der Waals surface area contributed by atoms with Gasteiger partial charge in [0.25, 0.3) is 0 Å². The Morgan fingerprint density at radius 3 is 2.71 bits per heavy atom. The molecule has 1 aliphatic carbocycles. The molecule has 0 heterocycles. The van der Waals surface area contributed by atoms with Gasteiger partial charge in [0.2, 0.25) is 0 Å². The molecule has 0 spiro atoms. The third kappa shape index (κ3) is 5.03. The maximum Gasteiger partial charge on any atom is 0.122 e. The van der Waals surface area contributed by atoms with Crippen molar-refractivity contribution in [3.8, 4) is 5.75 Å². The van der Waals surface area contributed by atoms with Gasteiger partial charge in [-0.25, -0.2) is 0 Å². The van der Waals surface area contributed by atoms with Gasteiger partial charge in [0.05, 0.1) is 7.11 Å². The molecule has 2 rings (SSSR count). The van der Waals surface area contributed by atoms with E-state index in [0.717, 1.165) is 24.6 Å². The molecule has 0 saturated heterocycles. The zero-order valence-corrected chi connectivity index (χ0v) is 14.0. The summed E-state index contributed by atoms with van der Waals surface area (Å²) in [4.78, 5) is 0. The lowest BCUT2D eigenvalue weighted by molar-refractivity contribution is 0.373. The van der Waals surface area contributed by atoms with Crippen LogP contribution in [0.2, 0.25) is 0 Å². The van der Waals surface area contributed by atoms with Gasteiger partial charge in [0.15, 0.2) is 0 Å². The topological polar surface area (TPSA) is 21.3 Å². The molecule has 1 fully saturated rings. The van der Waals surface area contributed by atoms with Gasteiger partial charge in [-0.15, -0.1) is 0 Å². The summed E-state index contributed by atoms with van der Waals surface area (Å²) in [7, 11) is 1.78. The summed E-state index contributed by atoms with van der Waals surface area (Å²) in [5.41, 5.74) is 2.67. The van der Waals surface area contributed by atoms with Crippen LogP contribution in [0, 0.1) is 12.8 Å². The summed E-state index contributed by atoms with van der Waals surface area (Å²) in [5.74, 6) is 1.96. The minimum Gasteiger partial charge on any atom is -0.496 e. The van der Waals surface area contributed by atoms with Gasteiger partial charge in [-0.1, -0.05) is 50.3 Å². The van der Waals surface area contributed by atoms with Crippen LogP contribution in [0.15, 0.2) is 18.2 Å². The third-order valence-electron chi connectivity index (χ3n) is 4.68. The average Bonchev–Trinajstić information content (AvgIpc) is 2.98. The van der Waals surface area contributed by atoms with Crippen LogP contribution in [-0.2, 0) is 6.42 Å². The van der Waals surface area contributed by atoms with Gasteiger partial charge in [-0.05, 0) is 50.3 Å². The second-order valence-electron chi connectivity index (χ2n) is 6.56. The number of hydrogen-bond acceptors (Lipinski definition) is 2. The van der Waals surface area contributed by atoms with Crippen molar-refractivity contribution in [3.63, 3.8) is 0 Å². The largest absolute Gasteiger partial charge is 0.496 e. The second kappa shape index (κ2) is 8.43. The fourth-order valence-electron chi connectivity index (χ4n) is 3.57. The van der Waals surface area contributed by atoms with Crippen LogP contribution in [-0.4, -0.2) is 19.7 Å². The lowest BCUT2D eigenvalue weighted by atomic mass is 9.93. The van der Waals surface area contributed by atoms with Crippen LogP contribution in [0.3, 0.4) is 0 Å². The minimum absolute atomic E-state index is 0.587. The van der Waals surface area contributed by atoms with E-state index in [2.05, 4.69) is 37.4 Å². The Bertz CT molecular complexity index is 424. The Morgan fingerprint density at radius 2 is 2.05 bits per heavy atom. The first-order chi connectivity index (χ1) is 10.2. The van der Waals surface area contributed by atoms with Crippen LogP contribution < -0.4 is 10.1 Å². The van der Waals surface area contributed by atoms with Crippen molar-refractivity contribution in [2.24, 2.45) is 5.92 Å². The summed E-state index contributed by atoms with van der Waals surface area (Å²) in [6, 6.07) is 7.11. The molecule has 2 nitrogen and oxygen atoms in total. The molecule has 1 aliphatic rings. The highest BCUT2D eigenvalue weighted by molar-refractivity contribution is 5.37. The molecule has 1 saturated carbocycles. The van der Waals surface area contributed by atoms with Crippen molar-refractivity contribution in [1.82, 2.24) is 5.32 Å². The highest BCUT2D eigenvalue weighted by Gasteiger charge is 2.21. The summed E-state index contributed by atoms with van der Waals surface area (Å²) in [6.45, 7) is 5.52. The predicted octanol–water partition coefficient (Wildman–Crippen LogP) is 4.49. The summed E-state index contributed by atoms with van der Waals surface area (Å²) < 4.78 is 5.55. The van der Waals surface area contributed by atoms with E-state index in [4.69, 9.17) is 4.74 Å². The molecule has 0 aromatic heterocycles. The molecule has 21 heavy (non-hydrogen) atoms. The molecular formula is C19H31NO. The molecular weight excluding hydrogens is 258 g/mol. The molecule has 0 aliphatic heterocycles. The average molecular weight is 289 g/mol. The number of methoxy groups -OCH3 is 1. The van der Waals surface area contributed by atoms with E-state index >= 15 is 0 Å². The highest BCUT2D eigenvalue weighted by atomic mass is 16.5. The first kappa shape index (κ1) is 16.4. The van der Waals surface area contributed by atoms with E-state index in [9.17, 15) is 0 Å². The number of benzene rings is 1. The van der Waals surface area contributed by atoms with E-state index < -0.39 is 0 Å². The van der Waals surface area contributed by atoms with Crippen molar-refractivity contribution in [3.05, 3.63) is 29.3 Å². The molecule has 1 N–H and O–H groups in total. The monoisotopic (exact) mass is 289 g/mol. The normalized spacial score (nSPS) is 17.1. The number of rotatable bonds is 8. The molecule has 118 valence electrons. The number of ether oxygens (including phenoxy) is 1. The molecule has 2 heteroatoms. The zero-order valence-electron chi connectivity index (χ0n) is 14.0. The third-order valence-corrected chi connectivity index (χ3v) is 4.68. The summed E-state index contributed by atoms with van der Waals surface area (Å²) >= 11 is 0. The number of hydrogen-bond donors (Lipinski definition) is 1. The Labute approximate surface area is 130 Å². The molecule has 1 unspecified atom stereocenters. The van der Waals surface area contributed by atoms with Crippen molar-refractivity contribution in [1.29, 1.82) is 0 Å². The Kier molecular flexibility index (Phi) is 6.56. The molecule has 0 radical (unpaired) electrons. The fraction of sp³-hybridized carbons (Fsp3) is 0.684. The van der Waals surface area contributed by atoms with E-state index in [-0.39, 0.29) is 0 Å². The number of aryl methyl sites for hydroxylation is 1. The van der Waals surface area contributed by atoms with Gasteiger partial charge in [-0.2, -0.15) is 0 Å². The van der Waals surface area contributed by atoms with Crippen LogP contribution in [0.5, 0.6) is 5.75 Å². The van der Waals surface area contributed by atoms with Gasteiger partial charge >= 0.3 is 0 Å². The van der Waals surface area contributed by atoms with Crippen molar-refractivity contribution < 1.29 is 4.74 Å². The van der Waals surface area contributed by atoms with Gasteiger partial charge in [0.1, 0.15) is 5.75 Å². The standard InChI is InChI=1S/C19H31NO/c1-4-11-20-18(13-16-7-5-6-8-16)14-17-12-15(2)9-10-19(17)21-3/h9-10,12,16,18,20H,4-8,11,13-14H2,1-3H3. The molecule has 1 aromatic carbocycles. The highest BCUT2D eigenvalue weighted by Crippen LogP contribution is 2.30. The van der Waals surface area contributed by atoms with E-state index in [1.165, 1.54) is 49.7 Å². The quantitative estimate of drug-likeness (QED) is 0.761. The van der Waals surface area contributed by atoms with Crippen molar-refractivity contribution in [2.45, 2.75) is 64.8 Å². The van der Waals surface area contributed by atoms with Crippen molar-refractivity contribution >= 4 is 0 Å². The van der Waals surface area contributed by atoms with E-state index in [0.29, 0.717) is 6.04 Å². The molecule has 1 aromatic rings. The molecule has 0 bridgehead atoms. The van der Waals surface area contributed by atoms with Gasteiger partial charge in [-0.3, -0.25) is 0 Å². The van der Waals surface area contributed by atoms with Crippen LogP contribution in [0.1, 0.15) is 56.6 Å². The second-order valence-corrected chi connectivity index (χ2v) is 6.56. The Hall–Kier alpha value is -1.02. The SMILES string of the molecule is CCCNC(Cc1cc(C)ccc1OC)CC1CCCC1. The Balaban J connectivity index is 2.03. The van der Waals surface area contributed by atoms with Gasteiger partial charge in [0, 0.05) is 6.04 Å². The first-order valence-electron chi connectivity index (χ1n) is 8.59. The van der Waals surface area contributed by atoms with Crippen molar-refractivity contribution in [2.75, 3.05) is 13.7 Å². The van der Waals surface area contributed by atoms with E-state index in [1.807, 2.05) is 0 Å². The fourth-order valence-corrected chi connectivity index (χ4v) is 3.57. The summed E-state index contributed by atoms with van der Waals surface area (Å²) in [5, 5.41) is 3.76. The van der Waals surface area contributed by atoms with Crippen LogP contribution in [0.4, 0.5) is 0 Å². The maximum absolute atomic E-state index is 5.55. The lowest BCUT2D eigenvalue weighted by Gasteiger charge is -2.23. The smallest absolute Gasteiger partial charge is 0.122 e. The Morgan fingerprint density at radius 1 is 1.29 bits per heavy atom.